The Labute approximate surface area is 114 Å². The van der Waals surface area contributed by atoms with E-state index >= 15 is 0 Å². The SMILES string of the molecule is CCN(Cc1cccc(F)c1)C(=O)CCC(C)CN. The van der Waals surface area contributed by atoms with E-state index in [2.05, 4.69) is 0 Å². The number of hydrogen-bond acceptors (Lipinski definition) is 2. The van der Waals surface area contributed by atoms with Gasteiger partial charge < -0.3 is 10.6 Å². The van der Waals surface area contributed by atoms with Crippen molar-refractivity contribution in [2.45, 2.75) is 33.2 Å². The van der Waals surface area contributed by atoms with Gasteiger partial charge in [0.15, 0.2) is 0 Å². The van der Waals surface area contributed by atoms with Gasteiger partial charge in [-0.15, -0.1) is 0 Å². The van der Waals surface area contributed by atoms with Gasteiger partial charge in [-0.25, -0.2) is 4.39 Å². The number of carbonyl (C=O) groups is 1. The third-order valence-electron chi connectivity index (χ3n) is 3.25. The van der Waals surface area contributed by atoms with Gasteiger partial charge in [-0.2, -0.15) is 0 Å². The zero-order valence-corrected chi connectivity index (χ0v) is 11.7. The number of hydrogen-bond donors (Lipinski definition) is 1. The summed E-state index contributed by atoms with van der Waals surface area (Å²) in [6, 6.07) is 6.38. The minimum Gasteiger partial charge on any atom is -0.339 e. The normalized spacial score (nSPS) is 12.2. The first-order valence-corrected chi connectivity index (χ1v) is 6.79. The second-order valence-corrected chi connectivity index (χ2v) is 4.92. The summed E-state index contributed by atoms with van der Waals surface area (Å²) in [5.41, 5.74) is 6.36. The topological polar surface area (TPSA) is 46.3 Å². The number of halogens is 1. The maximum absolute atomic E-state index is 13.1. The lowest BCUT2D eigenvalue weighted by atomic mass is 10.1. The molecule has 0 aliphatic carbocycles. The van der Waals surface area contributed by atoms with E-state index in [0.29, 0.717) is 32.0 Å². The first kappa shape index (κ1) is 15.6. The Morgan fingerprint density at radius 1 is 1.47 bits per heavy atom. The molecule has 0 radical (unpaired) electrons. The quantitative estimate of drug-likeness (QED) is 0.824. The highest BCUT2D eigenvalue weighted by molar-refractivity contribution is 5.76. The van der Waals surface area contributed by atoms with E-state index in [0.717, 1.165) is 12.0 Å². The van der Waals surface area contributed by atoms with Gasteiger partial charge in [0.2, 0.25) is 5.91 Å². The van der Waals surface area contributed by atoms with Crippen LogP contribution in [0.15, 0.2) is 24.3 Å². The molecular weight excluding hydrogens is 243 g/mol. The van der Waals surface area contributed by atoms with Gasteiger partial charge in [0.05, 0.1) is 0 Å². The van der Waals surface area contributed by atoms with E-state index in [1.807, 2.05) is 19.9 Å². The van der Waals surface area contributed by atoms with Crippen molar-refractivity contribution in [3.63, 3.8) is 0 Å². The molecule has 1 aromatic carbocycles. The highest BCUT2D eigenvalue weighted by atomic mass is 19.1. The van der Waals surface area contributed by atoms with E-state index < -0.39 is 0 Å². The van der Waals surface area contributed by atoms with Crippen LogP contribution in [0.25, 0.3) is 0 Å². The molecule has 0 aliphatic heterocycles. The Balaban J connectivity index is 2.55. The summed E-state index contributed by atoms with van der Waals surface area (Å²) in [7, 11) is 0. The average Bonchev–Trinajstić information content (AvgIpc) is 2.41. The lowest BCUT2D eigenvalue weighted by Gasteiger charge is -2.21. The molecule has 0 saturated heterocycles. The van der Waals surface area contributed by atoms with E-state index in [1.54, 1.807) is 11.0 Å². The fraction of sp³-hybridized carbons (Fsp3) is 0.533. The molecule has 0 spiro atoms. The fourth-order valence-electron chi connectivity index (χ4n) is 1.88. The van der Waals surface area contributed by atoms with Gasteiger partial charge in [-0.3, -0.25) is 4.79 Å². The number of nitrogens with zero attached hydrogens (tertiary/aromatic N) is 1. The van der Waals surface area contributed by atoms with E-state index in [1.165, 1.54) is 12.1 Å². The zero-order valence-electron chi connectivity index (χ0n) is 11.7. The maximum atomic E-state index is 13.1. The predicted octanol–water partition coefficient (Wildman–Crippen LogP) is 2.55. The van der Waals surface area contributed by atoms with Crippen LogP contribution in [-0.2, 0) is 11.3 Å². The smallest absolute Gasteiger partial charge is 0.222 e. The van der Waals surface area contributed by atoms with E-state index in [-0.39, 0.29) is 11.7 Å². The van der Waals surface area contributed by atoms with Gasteiger partial charge in [0.25, 0.3) is 0 Å². The minimum absolute atomic E-state index is 0.104. The van der Waals surface area contributed by atoms with Gasteiger partial charge in [0, 0.05) is 19.5 Å². The predicted molar refractivity (Wildman–Crippen MR) is 74.9 cm³/mol. The molecule has 1 atom stereocenters. The van der Waals surface area contributed by atoms with Gasteiger partial charge in [0.1, 0.15) is 5.82 Å². The molecule has 0 fully saturated rings. The Kier molecular flexibility index (Phi) is 6.50. The van der Waals surface area contributed by atoms with E-state index in [4.69, 9.17) is 5.73 Å². The molecule has 1 amide bonds. The molecule has 106 valence electrons. The van der Waals surface area contributed by atoms with Crippen LogP contribution < -0.4 is 5.73 Å². The van der Waals surface area contributed by atoms with Crippen molar-refractivity contribution in [3.05, 3.63) is 35.6 Å². The molecular formula is C15H23FN2O. The third-order valence-corrected chi connectivity index (χ3v) is 3.25. The summed E-state index contributed by atoms with van der Waals surface area (Å²) in [5, 5.41) is 0. The van der Waals surface area contributed by atoms with Crippen molar-refractivity contribution in [2.24, 2.45) is 11.7 Å². The first-order valence-electron chi connectivity index (χ1n) is 6.79. The summed E-state index contributed by atoms with van der Waals surface area (Å²) in [4.78, 5) is 13.8. The highest BCUT2D eigenvalue weighted by Gasteiger charge is 2.13. The molecule has 19 heavy (non-hydrogen) atoms. The molecule has 0 aromatic heterocycles. The second-order valence-electron chi connectivity index (χ2n) is 4.92. The summed E-state index contributed by atoms with van der Waals surface area (Å²) in [6.45, 7) is 5.67. The molecule has 0 bridgehead atoms. The van der Waals surface area contributed by atoms with Crippen LogP contribution in [0.1, 0.15) is 32.3 Å². The Morgan fingerprint density at radius 3 is 2.79 bits per heavy atom. The first-order chi connectivity index (χ1) is 9.06. The number of nitrogens with two attached hydrogens (primary N) is 1. The van der Waals surface area contributed by atoms with Crippen LogP contribution in [0.4, 0.5) is 4.39 Å². The van der Waals surface area contributed by atoms with Crippen molar-refractivity contribution in [1.29, 1.82) is 0 Å². The van der Waals surface area contributed by atoms with Crippen LogP contribution in [0.3, 0.4) is 0 Å². The molecule has 0 saturated carbocycles. The summed E-state index contributed by atoms with van der Waals surface area (Å²) >= 11 is 0. The highest BCUT2D eigenvalue weighted by Crippen LogP contribution is 2.11. The largest absolute Gasteiger partial charge is 0.339 e. The van der Waals surface area contributed by atoms with Crippen LogP contribution in [0, 0.1) is 11.7 Å². The van der Waals surface area contributed by atoms with E-state index in [9.17, 15) is 9.18 Å². The van der Waals surface area contributed by atoms with Crippen LogP contribution in [-0.4, -0.2) is 23.9 Å². The standard InChI is InChI=1S/C15H23FN2O/c1-3-18(15(19)8-7-12(2)10-17)11-13-5-4-6-14(16)9-13/h4-6,9,12H,3,7-8,10-11,17H2,1-2H3. The molecule has 4 heteroatoms. The minimum atomic E-state index is -0.266. The van der Waals surface area contributed by atoms with Crippen molar-refractivity contribution in [2.75, 3.05) is 13.1 Å². The average molecular weight is 266 g/mol. The Morgan fingerprint density at radius 2 is 2.21 bits per heavy atom. The summed E-state index contributed by atoms with van der Waals surface area (Å²) < 4.78 is 13.1. The van der Waals surface area contributed by atoms with Crippen molar-refractivity contribution >= 4 is 5.91 Å². The van der Waals surface area contributed by atoms with Gasteiger partial charge in [-0.05, 0) is 43.5 Å². The Hall–Kier alpha value is -1.42. The zero-order chi connectivity index (χ0) is 14.3. The molecule has 0 heterocycles. The summed E-state index contributed by atoms with van der Waals surface area (Å²) in [5.74, 6) is 0.196. The van der Waals surface area contributed by atoms with Gasteiger partial charge in [-0.1, -0.05) is 19.1 Å². The van der Waals surface area contributed by atoms with Crippen LogP contribution in [0.5, 0.6) is 0 Å². The third kappa shape index (κ3) is 5.39. The lowest BCUT2D eigenvalue weighted by Crippen LogP contribution is -2.30. The number of amides is 1. The molecule has 1 rings (SSSR count). The number of carbonyl (C=O) groups excluding carboxylic acids is 1. The lowest BCUT2D eigenvalue weighted by molar-refractivity contribution is -0.131. The van der Waals surface area contributed by atoms with Crippen molar-refractivity contribution in [3.8, 4) is 0 Å². The van der Waals surface area contributed by atoms with Crippen molar-refractivity contribution < 1.29 is 9.18 Å². The monoisotopic (exact) mass is 266 g/mol. The molecule has 1 unspecified atom stereocenters. The van der Waals surface area contributed by atoms with Crippen LogP contribution >= 0.6 is 0 Å². The van der Waals surface area contributed by atoms with Crippen molar-refractivity contribution in [1.82, 2.24) is 4.90 Å². The van der Waals surface area contributed by atoms with Gasteiger partial charge >= 0.3 is 0 Å². The Bertz CT molecular complexity index is 409. The molecule has 1 aromatic rings. The maximum Gasteiger partial charge on any atom is 0.222 e. The van der Waals surface area contributed by atoms with Crippen LogP contribution in [0.2, 0.25) is 0 Å². The number of benzene rings is 1. The molecule has 0 aliphatic rings. The molecule has 2 N–H and O–H groups in total. The second kappa shape index (κ2) is 7.89. The summed E-state index contributed by atoms with van der Waals surface area (Å²) in [6.07, 6.45) is 1.30. The molecule has 3 nitrogen and oxygen atoms in total. The fourth-order valence-corrected chi connectivity index (χ4v) is 1.88. The number of rotatable bonds is 7.